The van der Waals surface area contributed by atoms with Gasteiger partial charge in [0.05, 0.1) is 16.0 Å². The van der Waals surface area contributed by atoms with Crippen LogP contribution >= 0.6 is 15.9 Å². The number of benzene rings is 1. The molecule has 0 radical (unpaired) electrons. The summed E-state index contributed by atoms with van der Waals surface area (Å²) in [5, 5.41) is 0.975. The van der Waals surface area contributed by atoms with E-state index in [2.05, 4.69) is 40.0 Å². The van der Waals surface area contributed by atoms with Crippen molar-refractivity contribution in [1.82, 2.24) is 14.4 Å². The Kier molecular flexibility index (Phi) is 8.14. The van der Waals surface area contributed by atoms with Crippen molar-refractivity contribution in [3.05, 3.63) is 40.0 Å². The van der Waals surface area contributed by atoms with Crippen molar-refractivity contribution in [1.29, 1.82) is 0 Å². The first-order chi connectivity index (χ1) is 17.6. The van der Waals surface area contributed by atoms with E-state index in [1.807, 2.05) is 44.7 Å². The zero-order chi connectivity index (χ0) is 27.0. The van der Waals surface area contributed by atoms with Gasteiger partial charge in [-0.3, -0.25) is 14.5 Å². The topological polar surface area (TPSA) is 81.1 Å². The van der Waals surface area contributed by atoms with Gasteiger partial charge in [0.15, 0.2) is 0 Å². The normalized spacial score (nSPS) is 19.8. The fourth-order valence-corrected chi connectivity index (χ4v) is 6.18. The smallest absolute Gasteiger partial charge is 0.422 e. The van der Waals surface area contributed by atoms with Gasteiger partial charge in [-0.2, -0.15) is 0 Å². The molecule has 8 nitrogen and oxygen atoms in total. The molecule has 4 rings (SSSR count). The van der Waals surface area contributed by atoms with E-state index in [1.165, 1.54) is 4.57 Å². The highest BCUT2D eigenvalue weighted by molar-refractivity contribution is 9.10. The maximum atomic E-state index is 13.3. The Bertz CT molecular complexity index is 1250. The van der Waals surface area contributed by atoms with E-state index in [4.69, 9.17) is 9.47 Å². The molecular weight excluding hydrogens is 538 g/mol. The van der Waals surface area contributed by atoms with Crippen molar-refractivity contribution in [2.75, 3.05) is 26.7 Å². The number of carbonyl (C=O) groups is 3. The van der Waals surface area contributed by atoms with Gasteiger partial charge >= 0.3 is 12.1 Å². The van der Waals surface area contributed by atoms with Crippen LogP contribution in [0.3, 0.4) is 0 Å². The molecule has 1 amide bonds. The van der Waals surface area contributed by atoms with E-state index >= 15 is 0 Å². The number of nitrogens with zero attached hydrogens (tertiary/aromatic N) is 3. The van der Waals surface area contributed by atoms with Gasteiger partial charge in [0, 0.05) is 44.4 Å². The summed E-state index contributed by atoms with van der Waals surface area (Å²) in [5.41, 5.74) is 3.88. The van der Waals surface area contributed by atoms with Gasteiger partial charge in [0.25, 0.3) is 0 Å². The molecule has 0 bridgehead atoms. The number of amides is 1. The van der Waals surface area contributed by atoms with Crippen LogP contribution in [0.5, 0.6) is 0 Å². The van der Waals surface area contributed by atoms with Crippen molar-refractivity contribution in [3.8, 4) is 0 Å². The minimum absolute atomic E-state index is 0.0953. The van der Waals surface area contributed by atoms with Gasteiger partial charge in [-0.25, -0.2) is 9.36 Å². The standard InChI is InChI=1S/C28H36BrN3O5/c1-7-31(8-2)27(34)18-13-20-19-10-9-11-22-25(19)21(14-23(20)30(6)15-18)26(29)32(22)28(35)37-17(5)36-24(33)12-16(3)4/h9-11,13,16-18,23H,7-8,12,14-15H2,1-6H3. The van der Waals surface area contributed by atoms with Crippen LogP contribution in [0.25, 0.3) is 16.5 Å². The van der Waals surface area contributed by atoms with Crippen LogP contribution in [0, 0.1) is 11.8 Å². The number of hydrogen-bond acceptors (Lipinski definition) is 6. The summed E-state index contributed by atoms with van der Waals surface area (Å²) in [5.74, 6) is -0.326. The molecule has 0 N–H and O–H groups in total. The molecule has 1 aliphatic carbocycles. The third-order valence-electron chi connectivity index (χ3n) is 7.21. The maximum Gasteiger partial charge on any atom is 0.422 e. The highest BCUT2D eigenvalue weighted by atomic mass is 79.9. The van der Waals surface area contributed by atoms with Crippen LogP contribution in [-0.4, -0.2) is 71.4 Å². The summed E-state index contributed by atoms with van der Waals surface area (Å²) >= 11 is 3.66. The molecule has 2 heterocycles. The Labute approximate surface area is 226 Å². The Hall–Kier alpha value is -2.65. The molecular formula is C28H36BrN3O5. The molecule has 1 aromatic carbocycles. The third kappa shape index (κ3) is 5.21. The van der Waals surface area contributed by atoms with E-state index in [0.717, 1.165) is 22.1 Å². The number of ether oxygens (including phenoxy) is 2. The molecule has 1 aromatic heterocycles. The van der Waals surface area contributed by atoms with Crippen molar-refractivity contribution >= 4 is 50.4 Å². The largest absolute Gasteiger partial charge is 0.425 e. The fraction of sp³-hybridized carbons (Fsp3) is 0.536. The van der Waals surface area contributed by atoms with E-state index < -0.39 is 18.4 Å². The molecule has 3 unspecified atom stereocenters. The second-order valence-electron chi connectivity index (χ2n) is 10.2. The minimum Gasteiger partial charge on any atom is -0.425 e. The maximum absolute atomic E-state index is 13.3. The summed E-state index contributed by atoms with van der Waals surface area (Å²) in [4.78, 5) is 42.6. The molecule has 0 fully saturated rings. The third-order valence-corrected chi connectivity index (χ3v) is 8.04. The van der Waals surface area contributed by atoms with Crippen LogP contribution in [0.4, 0.5) is 4.79 Å². The second kappa shape index (κ2) is 11.0. The highest BCUT2D eigenvalue weighted by Gasteiger charge is 2.38. The number of esters is 1. The average molecular weight is 575 g/mol. The van der Waals surface area contributed by atoms with Gasteiger partial charge in [-0.05, 0) is 71.9 Å². The zero-order valence-electron chi connectivity index (χ0n) is 22.4. The lowest BCUT2D eigenvalue weighted by Crippen LogP contribution is -2.47. The number of halogens is 1. The number of aromatic nitrogens is 1. The lowest BCUT2D eigenvalue weighted by atomic mass is 9.79. The van der Waals surface area contributed by atoms with Crippen molar-refractivity contribution < 1.29 is 23.9 Å². The summed E-state index contributed by atoms with van der Waals surface area (Å²) in [7, 11) is 2.05. The van der Waals surface area contributed by atoms with Gasteiger partial charge in [-0.1, -0.05) is 32.1 Å². The Morgan fingerprint density at radius 1 is 1.14 bits per heavy atom. The molecule has 9 heteroatoms. The van der Waals surface area contributed by atoms with Crippen LogP contribution in [0.1, 0.15) is 52.2 Å². The van der Waals surface area contributed by atoms with Crippen molar-refractivity contribution in [2.24, 2.45) is 11.8 Å². The summed E-state index contributed by atoms with van der Waals surface area (Å²) in [6.07, 6.45) is 1.45. The summed E-state index contributed by atoms with van der Waals surface area (Å²) in [6, 6.07) is 5.96. The number of fused-ring (bicyclic) bond motifs is 2. The van der Waals surface area contributed by atoms with E-state index in [0.29, 0.717) is 36.2 Å². The Morgan fingerprint density at radius 3 is 2.49 bits per heavy atom. The predicted molar refractivity (Wildman–Crippen MR) is 146 cm³/mol. The van der Waals surface area contributed by atoms with E-state index in [-0.39, 0.29) is 30.2 Å². The van der Waals surface area contributed by atoms with E-state index in [1.54, 1.807) is 6.92 Å². The van der Waals surface area contributed by atoms with Crippen molar-refractivity contribution in [2.45, 2.75) is 59.8 Å². The van der Waals surface area contributed by atoms with Crippen LogP contribution in [-0.2, 0) is 25.5 Å². The lowest BCUT2D eigenvalue weighted by Gasteiger charge is -2.40. The highest BCUT2D eigenvalue weighted by Crippen LogP contribution is 2.45. The van der Waals surface area contributed by atoms with Gasteiger partial charge < -0.3 is 14.4 Å². The molecule has 200 valence electrons. The molecule has 0 spiro atoms. The first kappa shape index (κ1) is 27.4. The summed E-state index contributed by atoms with van der Waals surface area (Å²) in [6.45, 7) is 11.4. The minimum atomic E-state index is -1.01. The SMILES string of the molecule is CCN(CC)C(=O)C1C=C2c3cccc4c3c(c(Br)n4C(=O)OC(C)OC(=O)CC(C)C)CC2N(C)C1. The fourth-order valence-electron chi connectivity index (χ4n) is 5.48. The molecule has 37 heavy (non-hydrogen) atoms. The molecule has 2 aliphatic rings. The van der Waals surface area contributed by atoms with Gasteiger partial charge in [0.2, 0.25) is 12.2 Å². The number of likely N-dealkylation sites (N-methyl/N-ethyl adjacent to an activating group) is 1. The second-order valence-corrected chi connectivity index (χ2v) is 11.0. The number of hydrogen-bond donors (Lipinski definition) is 0. The monoisotopic (exact) mass is 573 g/mol. The number of carbonyl (C=O) groups excluding carboxylic acids is 3. The molecule has 1 aliphatic heterocycles. The predicted octanol–water partition coefficient (Wildman–Crippen LogP) is 5.06. The molecule has 0 saturated heterocycles. The van der Waals surface area contributed by atoms with E-state index in [9.17, 15) is 14.4 Å². The molecule has 0 saturated carbocycles. The van der Waals surface area contributed by atoms with Crippen LogP contribution < -0.4 is 0 Å². The van der Waals surface area contributed by atoms with Crippen molar-refractivity contribution in [3.63, 3.8) is 0 Å². The summed E-state index contributed by atoms with van der Waals surface area (Å²) < 4.78 is 12.9. The quantitative estimate of drug-likeness (QED) is 0.340. The van der Waals surface area contributed by atoms with Gasteiger partial charge in [0.1, 0.15) is 0 Å². The lowest BCUT2D eigenvalue weighted by molar-refractivity contribution is -0.165. The number of rotatable bonds is 7. The van der Waals surface area contributed by atoms with Crippen LogP contribution in [0.15, 0.2) is 28.9 Å². The van der Waals surface area contributed by atoms with Gasteiger partial charge in [-0.15, -0.1) is 0 Å². The molecule has 2 aromatic rings. The van der Waals surface area contributed by atoms with Crippen LogP contribution in [0.2, 0.25) is 0 Å². The Morgan fingerprint density at radius 2 is 1.84 bits per heavy atom. The first-order valence-corrected chi connectivity index (χ1v) is 13.8. The average Bonchev–Trinajstić information content (AvgIpc) is 3.12. The first-order valence-electron chi connectivity index (χ1n) is 13.0. The Balaban J connectivity index is 1.69. The molecule has 3 atom stereocenters. The zero-order valence-corrected chi connectivity index (χ0v) is 24.0.